The summed E-state index contributed by atoms with van der Waals surface area (Å²) in [5.41, 5.74) is 6.81. The van der Waals surface area contributed by atoms with E-state index in [-0.39, 0.29) is 6.61 Å². The Labute approximate surface area is 111 Å². The van der Waals surface area contributed by atoms with Crippen LogP contribution in [-0.4, -0.2) is 26.9 Å². The fraction of sp³-hybridized carbons (Fsp3) is 0.385. The highest BCUT2D eigenvalue weighted by Crippen LogP contribution is 2.22. The van der Waals surface area contributed by atoms with Gasteiger partial charge in [-0.2, -0.15) is 11.8 Å². The molecule has 0 fully saturated rings. The SMILES string of the molecule is CC(CCO)SCc1nc(N)c2ccccc2n1. The first-order valence-corrected chi connectivity index (χ1v) is 6.99. The first-order chi connectivity index (χ1) is 8.70. The molecule has 1 aromatic carbocycles. The highest BCUT2D eigenvalue weighted by atomic mass is 32.2. The van der Waals surface area contributed by atoms with Crippen molar-refractivity contribution in [2.24, 2.45) is 0 Å². The molecule has 0 amide bonds. The fourth-order valence-electron chi connectivity index (χ4n) is 1.70. The van der Waals surface area contributed by atoms with Gasteiger partial charge in [-0.15, -0.1) is 0 Å². The van der Waals surface area contributed by atoms with Crippen LogP contribution in [0, 0.1) is 0 Å². The molecule has 2 aromatic rings. The summed E-state index contributed by atoms with van der Waals surface area (Å²) < 4.78 is 0. The van der Waals surface area contributed by atoms with E-state index in [4.69, 9.17) is 10.8 Å². The van der Waals surface area contributed by atoms with E-state index >= 15 is 0 Å². The lowest BCUT2D eigenvalue weighted by Gasteiger charge is -2.09. The Hall–Kier alpha value is -1.33. The molecular weight excluding hydrogens is 246 g/mol. The van der Waals surface area contributed by atoms with Crippen molar-refractivity contribution in [1.82, 2.24) is 9.97 Å². The maximum atomic E-state index is 8.85. The number of hydrogen-bond donors (Lipinski definition) is 2. The predicted molar refractivity (Wildman–Crippen MR) is 76.4 cm³/mol. The molecule has 0 spiro atoms. The Morgan fingerprint density at radius 2 is 2.11 bits per heavy atom. The summed E-state index contributed by atoms with van der Waals surface area (Å²) in [6.07, 6.45) is 0.785. The molecule has 18 heavy (non-hydrogen) atoms. The van der Waals surface area contributed by atoms with Crippen LogP contribution in [0.2, 0.25) is 0 Å². The summed E-state index contributed by atoms with van der Waals surface area (Å²) in [5.74, 6) is 2.00. The van der Waals surface area contributed by atoms with Crippen LogP contribution in [-0.2, 0) is 5.75 Å². The summed E-state index contributed by atoms with van der Waals surface area (Å²) >= 11 is 1.73. The lowest BCUT2D eigenvalue weighted by Crippen LogP contribution is -2.03. The van der Waals surface area contributed by atoms with Gasteiger partial charge in [0, 0.05) is 17.2 Å². The molecule has 1 atom stereocenters. The van der Waals surface area contributed by atoms with Gasteiger partial charge < -0.3 is 10.8 Å². The van der Waals surface area contributed by atoms with Crippen LogP contribution >= 0.6 is 11.8 Å². The average molecular weight is 263 g/mol. The molecule has 1 aromatic heterocycles. The summed E-state index contributed by atoms with van der Waals surface area (Å²) in [5, 5.41) is 10.1. The van der Waals surface area contributed by atoms with E-state index in [1.807, 2.05) is 24.3 Å². The third-order valence-electron chi connectivity index (χ3n) is 2.71. The van der Waals surface area contributed by atoms with E-state index in [9.17, 15) is 0 Å². The number of rotatable bonds is 5. The molecule has 96 valence electrons. The Bertz CT molecular complexity index is 533. The topological polar surface area (TPSA) is 72.0 Å². The molecule has 3 N–H and O–H groups in total. The monoisotopic (exact) mass is 263 g/mol. The second kappa shape index (κ2) is 6.02. The number of fused-ring (bicyclic) bond motifs is 1. The minimum atomic E-state index is 0.217. The van der Waals surface area contributed by atoms with Gasteiger partial charge >= 0.3 is 0 Å². The molecule has 5 heteroatoms. The number of nitrogens with two attached hydrogens (primary N) is 1. The van der Waals surface area contributed by atoms with Crippen molar-refractivity contribution in [2.75, 3.05) is 12.3 Å². The molecule has 0 bridgehead atoms. The van der Waals surface area contributed by atoms with Crippen LogP contribution in [0.3, 0.4) is 0 Å². The smallest absolute Gasteiger partial charge is 0.141 e. The third-order valence-corrected chi connectivity index (χ3v) is 3.94. The third kappa shape index (κ3) is 3.11. The van der Waals surface area contributed by atoms with E-state index < -0.39 is 0 Å². The van der Waals surface area contributed by atoms with Gasteiger partial charge in [-0.05, 0) is 18.6 Å². The zero-order valence-corrected chi connectivity index (χ0v) is 11.2. The number of para-hydroxylation sites is 1. The van der Waals surface area contributed by atoms with Crippen LogP contribution in [0.25, 0.3) is 10.9 Å². The van der Waals surface area contributed by atoms with Crippen LogP contribution in [0.5, 0.6) is 0 Å². The van der Waals surface area contributed by atoms with Gasteiger partial charge in [-0.3, -0.25) is 0 Å². The molecule has 0 saturated heterocycles. The van der Waals surface area contributed by atoms with Gasteiger partial charge in [-0.1, -0.05) is 19.1 Å². The van der Waals surface area contributed by atoms with Gasteiger partial charge in [0.25, 0.3) is 0 Å². The first-order valence-electron chi connectivity index (χ1n) is 5.94. The molecule has 0 aliphatic carbocycles. The second-order valence-corrected chi connectivity index (χ2v) is 5.60. The standard InChI is InChI=1S/C13H17N3OS/c1-9(6-7-17)18-8-12-15-11-5-3-2-4-10(11)13(14)16-12/h2-5,9,17H,6-8H2,1H3,(H2,14,15,16). The Balaban J connectivity index is 2.14. The van der Waals surface area contributed by atoms with Crippen molar-refractivity contribution in [3.8, 4) is 0 Å². The predicted octanol–water partition coefficient (Wildman–Crippen LogP) is 2.22. The number of nitrogen functional groups attached to an aromatic ring is 1. The Morgan fingerprint density at radius 3 is 2.89 bits per heavy atom. The van der Waals surface area contributed by atoms with Crippen LogP contribution < -0.4 is 5.73 Å². The maximum Gasteiger partial charge on any atom is 0.141 e. The lowest BCUT2D eigenvalue weighted by atomic mass is 10.2. The van der Waals surface area contributed by atoms with Gasteiger partial charge in [0.1, 0.15) is 11.6 Å². The van der Waals surface area contributed by atoms with Crippen molar-refractivity contribution in [1.29, 1.82) is 0 Å². The summed E-state index contributed by atoms with van der Waals surface area (Å²) in [4.78, 5) is 8.81. The van der Waals surface area contributed by atoms with E-state index in [0.717, 1.165) is 28.9 Å². The summed E-state index contributed by atoms with van der Waals surface area (Å²) in [6.45, 7) is 2.31. The highest BCUT2D eigenvalue weighted by Gasteiger charge is 2.07. The van der Waals surface area contributed by atoms with Gasteiger partial charge in [0.15, 0.2) is 0 Å². The van der Waals surface area contributed by atoms with Crippen molar-refractivity contribution >= 4 is 28.5 Å². The highest BCUT2D eigenvalue weighted by molar-refractivity contribution is 7.99. The number of nitrogens with zero attached hydrogens (tertiary/aromatic N) is 2. The molecule has 0 aliphatic heterocycles. The molecule has 0 radical (unpaired) electrons. The Morgan fingerprint density at radius 1 is 1.33 bits per heavy atom. The van der Waals surface area contributed by atoms with Crippen molar-refractivity contribution in [3.63, 3.8) is 0 Å². The number of aliphatic hydroxyl groups is 1. The zero-order chi connectivity index (χ0) is 13.0. The molecule has 1 unspecified atom stereocenters. The molecule has 0 saturated carbocycles. The van der Waals surface area contributed by atoms with Crippen LogP contribution in [0.1, 0.15) is 19.2 Å². The van der Waals surface area contributed by atoms with Crippen LogP contribution in [0.15, 0.2) is 24.3 Å². The lowest BCUT2D eigenvalue weighted by molar-refractivity contribution is 0.289. The van der Waals surface area contributed by atoms with Crippen molar-refractivity contribution < 1.29 is 5.11 Å². The number of hydrogen-bond acceptors (Lipinski definition) is 5. The van der Waals surface area contributed by atoms with E-state index in [0.29, 0.717) is 11.1 Å². The van der Waals surface area contributed by atoms with Crippen molar-refractivity contribution in [2.45, 2.75) is 24.3 Å². The molecule has 2 rings (SSSR count). The maximum absolute atomic E-state index is 8.85. The minimum absolute atomic E-state index is 0.217. The average Bonchev–Trinajstić information content (AvgIpc) is 2.37. The fourth-order valence-corrected chi connectivity index (χ4v) is 2.53. The quantitative estimate of drug-likeness (QED) is 0.865. The zero-order valence-electron chi connectivity index (χ0n) is 10.3. The molecule has 1 heterocycles. The second-order valence-electron chi connectivity index (χ2n) is 4.18. The molecule has 0 aliphatic rings. The first kappa shape index (κ1) is 13.1. The number of anilines is 1. The van der Waals surface area contributed by atoms with Gasteiger partial charge in [0.05, 0.1) is 11.3 Å². The summed E-state index contributed by atoms with van der Waals surface area (Å²) in [6, 6.07) is 7.74. The number of thioether (sulfide) groups is 1. The number of aliphatic hydroxyl groups excluding tert-OH is 1. The minimum Gasteiger partial charge on any atom is -0.396 e. The van der Waals surface area contributed by atoms with Crippen LogP contribution in [0.4, 0.5) is 5.82 Å². The molecule has 4 nitrogen and oxygen atoms in total. The number of aromatic nitrogens is 2. The van der Waals surface area contributed by atoms with Gasteiger partial charge in [0.2, 0.25) is 0 Å². The number of benzene rings is 1. The van der Waals surface area contributed by atoms with E-state index in [1.165, 1.54) is 0 Å². The molecular formula is C13H17N3OS. The largest absolute Gasteiger partial charge is 0.396 e. The Kier molecular flexibility index (Phi) is 4.38. The normalized spacial score (nSPS) is 12.8. The van der Waals surface area contributed by atoms with Crippen molar-refractivity contribution in [3.05, 3.63) is 30.1 Å². The summed E-state index contributed by atoms with van der Waals surface area (Å²) in [7, 11) is 0. The van der Waals surface area contributed by atoms with E-state index in [2.05, 4.69) is 16.9 Å². The van der Waals surface area contributed by atoms with E-state index in [1.54, 1.807) is 11.8 Å². The van der Waals surface area contributed by atoms with Gasteiger partial charge in [-0.25, -0.2) is 9.97 Å².